The molecule has 0 saturated carbocycles. The van der Waals surface area contributed by atoms with Gasteiger partial charge in [0.05, 0.1) is 7.11 Å². The molecular weight excluding hydrogens is 376 g/mol. The van der Waals surface area contributed by atoms with Crippen LogP contribution in [0.15, 0.2) is 30.4 Å². The van der Waals surface area contributed by atoms with Crippen LogP contribution in [0.3, 0.4) is 0 Å². The van der Waals surface area contributed by atoms with Crippen molar-refractivity contribution >= 4 is 12.3 Å². The number of carbonyl (C=O) groups excluding carboxylic acids is 2. The van der Waals surface area contributed by atoms with Crippen molar-refractivity contribution in [1.29, 1.82) is 0 Å². The molecule has 30 heavy (non-hydrogen) atoms. The van der Waals surface area contributed by atoms with Crippen molar-refractivity contribution in [2.45, 2.75) is 96.8 Å². The second-order valence-corrected chi connectivity index (χ2v) is 7.84. The van der Waals surface area contributed by atoms with Crippen LogP contribution in [-0.2, 0) is 4.79 Å². The first-order valence-corrected chi connectivity index (χ1v) is 11.7. The smallest absolute Gasteiger partial charge is 0.311 e. The third-order valence-corrected chi connectivity index (χ3v) is 5.19. The molecule has 0 aliphatic carbocycles. The zero-order valence-electron chi connectivity index (χ0n) is 19.0. The Morgan fingerprint density at radius 2 is 1.43 bits per heavy atom. The fourth-order valence-electron chi connectivity index (χ4n) is 3.36. The van der Waals surface area contributed by atoms with E-state index in [9.17, 15) is 9.59 Å². The van der Waals surface area contributed by atoms with Gasteiger partial charge in [-0.2, -0.15) is 0 Å². The van der Waals surface area contributed by atoms with Gasteiger partial charge < -0.3 is 9.47 Å². The quantitative estimate of drug-likeness (QED) is 0.0819. The number of allylic oxidation sites excluding steroid dienone is 2. The highest BCUT2D eigenvalue weighted by molar-refractivity contribution is 5.78. The molecule has 0 unspecified atom stereocenters. The molecule has 0 heterocycles. The maximum atomic E-state index is 12.0. The molecule has 4 heteroatoms. The molecule has 1 rings (SSSR count). The van der Waals surface area contributed by atoms with Gasteiger partial charge >= 0.3 is 5.97 Å². The van der Waals surface area contributed by atoms with Crippen molar-refractivity contribution < 1.29 is 19.1 Å². The molecular formula is C26H40O4. The van der Waals surface area contributed by atoms with E-state index in [4.69, 9.17) is 9.47 Å². The minimum atomic E-state index is -0.259. The Balaban J connectivity index is 2.01. The van der Waals surface area contributed by atoms with Crippen molar-refractivity contribution in [3.63, 3.8) is 0 Å². The summed E-state index contributed by atoms with van der Waals surface area (Å²) in [4.78, 5) is 22.8. The van der Waals surface area contributed by atoms with Crippen LogP contribution in [0.1, 0.15) is 107 Å². The monoisotopic (exact) mass is 416 g/mol. The Bertz CT molecular complexity index is 621. The maximum absolute atomic E-state index is 12.0. The summed E-state index contributed by atoms with van der Waals surface area (Å²) in [6.07, 6.45) is 21.8. The lowest BCUT2D eigenvalue weighted by Gasteiger charge is -2.09. The molecule has 168 valence electrons. The van der Waals surface area contributed by atoms with E-state index in [2.05, 4.69) is 19.1 Å². The van der Waals surface area contributed by atoms with Crippen LogP contribution in [0.25, 0.3) is 0 Å². The van der Waals surface area contributed by atoms with Gasteiger partial charge in [0.15, 0.2) is 11.5 Å². The number of benzene rings is 1. The van der Waals surface area contributed by atoms with E-state index in [0.717, 1.165) is 32.0 Å². The summed E-state index contributed by atoms with van der Waals surface area (Å²) in [6, 6.07) is 4.78. The van der Waals surface area contributed by atoms with Gasteiger partial charge in [0.1, 0.15) is 6.29 Å². The van der Waals surface area contributed by atoms with Crippen molar-refractivity contribution in [1.82, 2.24) is 0 Å². The predicted octanol–water partition coefficient (Wildman–Crippen LogP) is 7.45. The van der Waals surface area contributed by atoms with Gasteiger partial charge in [-0.1, -0.05) is 70.4 Å². The highest BCUT2D eigenvalue weighted by atomic mass is 16.6. The van der Waals surface area contributed by atoms with Crippen LogP contribution >= 0.6 is 0 Å². The lowest BCUT2D eigenvalue weighted by Crippen LogP contribution is -2.08. The van der Waals surface area contributed by atoms with Crippen molar-refractivity contribution in [2.24, 2.45) is 0 Å². The van der Waals surface area contributed by atoms with Gasteiger partial charge in [0.25, 0.3) is 0 Å². The van der Waals surface area contributed by atoms with Gasteiger partial charge in [-0.05, 0) is 50.3 Å². The third-order valence-electron chi connectivity index (χ3n) is 5.19. The average Bonchev–Trinajstić information content (AvgIpc) is 2.76. The fraction of sp³-hybridized carbons (Fsp3) is 0.615. The SMILES string of the molecule is CCCCCCCC/C=C\CCCCCCCC(=O)Oc1ccc(C=O)cc1OC. The Labute approximate surface area is 183 Å². The van der Waals surface area contributed by atoms with Gasteiger partial charge in [-0.3, -0.25) is 9.59 Å². The molecule has 0 aliphatic rings. The lowest BCUT2D eigenvalue weighted by atomic mass is 10.1. The van der Waals surface area contributed by atoms with Crippen LogP contribution in [0.2, 0.25) is 0 Å². The molecule has 4 nitrogen and oxygen atoms in total. The zero-order valence-corrected chi connectivity index (χ0v) is 19.0. The van der Waals surface area contributed by atoms with E-state index >= 15 is 0 Å². The minimum Gasteiger partial charge on any atom is -0.493 e. The van der Waals surface area contributed by atoms with Gasteiger partial charge in [-0.25, -0.2) is 0 Å². The standard InChI is InChI=1S/C26H40O4/c1-3-4-5-6-7-8-9-10-11-12-13-14-15-16-17-18-26(28)30-24-20-19-23(22-27)21-25(24)29-2/h10-11,19-22H,3-9,12-18H2,1-2H3/b11-10-. The zero-order chi connectivity index (χ0) is 21.9. The van der Waals surface area contributed by atoms with E-state index in [1.54, 1.807) is 18.2 Å². The van der Waals surface area contributed by atoms with E-state index in [-0.39, 0.29) is 5.97 Å². The van der Waals surface area contributed by atoms with E-state index < -0.39 is 0 Å². The topological polar surface area (TPSA) is 52.6 Å². The normalized spacial score (nSPS) is 11.0. The van der Waals surface area contributed by atoms with Gasteiger partial charge in [0, 0.05) is 12.0 Å². The maximum Gasteiger partial charge on any atom is 0.311 e. The molecule has 0 aliphatic heterocycles. The molecule has 1 aromatic carbocycles. The number of hydrogen-bond donors (Lipinski definition) is 0. The first-order chi connectivity index (χ1) is 14.7. The van der Waals surface area contributed by atoms with Crippen LogP contribution in [0.4, 0.5) is 0 Å². The van der Waals surface area contributed by atoms with E-state index in [1.807, 2.05) is 0 Å². The number of unbranched alkanes of at least 4 members (excludes halogenated alkanes) is 11. The van der Waals surface area contributed by atoms with Gasteiger partial charge in [0.2, 0.25) is 0 Å². The molecule has 0 radical (unpaired) electrons. The highest BCUT2D eigenvalue weighted by Crippen LogP contribution is 2.28. The Hall–Kier alpha value is -2.10. The number of rotatable bonds is 18. The van der Waals surface area contributed by atoms with Crippen molar-refractivity contribution in [3.8, 4) is 11.5 Å². The largest absolute Gasteiger partial charge is 0.493 e. The molecule has 0 amide bonds. The fourth-order valence-corrected chi connectivity index (χ4v) is 3.36. The summed E-state index contributed by atoms with van der Waals surface area (Å²) in [7, 11) is 1.49. The van der Waals surface area contributed by atoms with Gasteiger partial charge in [-0.15, -0.1) is 0 Å². The second-order valence-electron chi connectivity index (χ2n) is 7.84. The average molecular weight is 417 g/mol. The minimum absolute atomic E-state index is 0.259. The number of aldehydes is 1. The molecule has 0 N–H and O–H groups in total. The number of hydrogen-bond acceptors (Lipinski definition) is 4. The summed E-state index contributed by atoms with van der Waals surface area (Å²) in [5.74, 6) is 0.503. The Morgan fingerprint density at radius 3 is 2.03 bits per heavy atom. The number of ether oxygens (including phenoxy) is 2. The summed E-state index contributed by atoms with van der Waals surface area (Å²) in [6.45, 7) is 2.26. The Morgan fingerprint density at radius 1 is 0.833 bits per heavy atom. The summed E-state index contributed by atoms with van der Waals surface area (Å²) >= 11 is 0. The predicted molar refractivity (Wildman–Crippen MR) is 123 cm³/mol. The summed E-state index contributed by atoms with van der Waals surface area (Å²) in [5, 5.41) is 0. The van der Waals surface area contributed by atoms with E-state index in [0.29, 0.717) is 23.5 Å². The number of carbonyl (C=O) groups is 2. The Kier molecular flexibility index (Phi) is 15.3. The van der Waals surface area contributed by atoms with Crippen LogP contribution in [0, 0.1) is 0 Å². The number of esters is 1. The molecule has 0 fully saturated rings. The second kappa shape index (κ2) is 17.7. The molecule has 0 saturated heterocycles. The number of methoxy groups -OCH3 is 1. The van der Waals surface area contributed by atoms with E-state index in [1.165, 1.54) is 64.9 Å². The first kappa shape index (κ1) is 25.9. The molecule has 0 bridgehead atoms. The van der Waals surface area contributed by atoms with Crippen molar-refractivity contribution in [3.05, 3.63) is 35.9 Å². The van der Waals surface area contributed by atoms with Crippen LogP contribution in [-0.4, -0.2) is 19.4 Å². The molecule has 0 aromatic heterocycles. The highest BCUT2D eigenvalue weighted by Gasteiger charge is 2.10. The molecule has 0 atom stereocenters. The van der Waals surface area contributed by atoms with Crippen LogP contribution in [0.5, 0.6) is 11.5 Å². The van der Waals surface area contributed by atoms with Crippen LogP contribution < -0.4 is 9.47 Å². The third kappa shape index (κ3) is 12.5. The summed E-state index contributed by atoms with van der Waals surface area (Å²) < 4.78 is 10.5. The first-order valence-electron chi connectivity index (χ1n) is 11.7. The molecule has 1 aromatic rings. The molecule has 0 spiro atoms. The summed E-state index contributed by atoms with van der Waals surface area (Å²) in [5.41, 5.74) is 0.490. The van der Waals surface area contributed by atoms with Crippen molar-refractivity contribution in [2.75, 3.05) is 7.11 Å². The lowest BCUT2D eigenvalue weighted by molar-refractivity contribution is -0.134.